The Morgan fingerprint density at radius 1 is 0.466 bits per heavy atom. The van der Waals surface area contributed by atoms with Gasteiger partial charge in [0.2, 0.25) is 0 Å². The number of benzene rings is 5. The maximum Gasteiger partial charge on any atom is 0.145 e. The Bertz CT molecular complexity index is 3130. The first-order valence-corrected chi connectivity index (χ1v) is 19.3. The summed E-state index contributed by atoms with van der Waals surface area (Å²) >= 11 is 0. The van der Waals surface area contributed by atoms with Crippen molar-refractivity contribution in [3.05, 3.63) is 207 Å². The minimum Gasteiger partial charge on any atom is -0.317 e. The molecule has 0 aliphatic rings. The van der Waals surface area contributed by atoms with Crippen LogP contribution in [-0.2, 0) is 0 Å². The van der Waals surface area contributed by atoms with Crippen LogP contribution in [0.1, 0.15) is 0 Å². The largest absolute Gasteiger partial charge is 0.317 e. The molecule has 6 heterocycles. The summed E-state index contributed by atoms with van der Waals surface area (Å²) in [5, 5.41) is 6.81. The third-order valence-electron chi connectivity index (χ3n) is 11.0. The molecule has 7 nitrogen and oxygen atoms in total. The van der Waals surface area contributed by atoms with Crippen LogP contribution in [0.2, 0.25) is 0 Å². The van der Waals surface area contributed by atoms with Crippen LogP contribution in [0.5, 0.6) is 0 Å². The van der Waals surface area contributed by atoms with Crippen LogP contribution in [0, 0.1) is 0 Å². The van der Waals surface area contributed by atoms with Crippen LogP contribution in [-0.4, -0.2) is 28.7 Å². The topological polar surface area (TPSA) is 56.7 Å². The van der Waals surface area contributed by atoms with Crippen molar-refractivity contribution in [3.8, 4) is 11.4 Å². The predicted octanol–water partition coefficient (Wildman–Crippen LogP) is 12.6. The lowest BCUT2D eigenvalue weighted by Gasteiger charge is -2.23. The molecule has 58 heavy (non-hydrogen) atoms. The molecule has 0 amide bonds. The lowest BCUT2D eigenvalue weighted by atomic mass is 10.2. The summed E-state index contributed by atoms with van der Waals surface area (Å²) in [6, 6.07) is 55.2. The van der Waals surface area contributed by atoms with E-state index in [4.69, 9.17) is 15.0 Å². The number of pyridine rings is 3. The first-order valence-electron chi connectivity index (χ1n) is 19.3. The highest BCUT2D eigenvalue weighted by atomic mass is 15.1. The second-order valence-electron chi connectivity index (χ2n) is 14.2. The number of hydrogen-bond acceptors (Lipinski definition) is 4. The molecule has 5 aromatic carbocycles. The maximum absolute atomic E-state index is 4.88. The van der Waals surface area contributed by atoms with Crippen LogP contribution in [0.3, 0.4) is 0 Å². The van der Waals surface area contributed by atoms with Crippen LogP contribution in [0.4, 0.5) is 11.4 Å². The van der Waals surface area contributed by atoms with Gasteiger partial charge in [-0.1, -0.05) is 79.4 Å². The zero-order valence-corrected chi connectivity index (χ0v) is 31.4. The number of fused-ring (bicyclic) bond motifs is 9. The number of rotatable bonds is 8. The van der Waals surface area contributed by atoms with Gasteiger partial charge in [-0.2, -0.15) is 0 Å². The molecule has 7 heteroatoms. The first kappa shape index (κ1) is 33.3. The van der Waals surface area contributed by atoms with Gasteiger partial charge >= 0.3 is 0 Å². The molecule has 11 rings (SSSR count). The van der Waals surface area contributed by atoms with Crippen molar-refractivity contribution >= 4 is 82.9 Å². The SMILES string of the molecule is C=CC=C(C=CN(c1cccc(-n2c3ccccc3c3cccnc32)c1)c1cccc(-n2c3ccccc3c3cccnc32)c1)n1c2ccccc2c2cccnc21. The van der Waals surface area contributed by atoms with Gasteiger partial charge in [0, 0.05) is 85.6 Å². The van der Waals surface area contributed by atoms with Crippen molar-refractivity contribution in [2.24, 2.45) is 0 Å². The van der Waals surface area contributed by atoms with Crippen molar-refractivity contribution in [1.29, 1.82) is 0 Å². The van der Waals surface area contributed by atoms with E-state index >= 15 is 0 Å². The molecule has 11 aromatic rings. The minimum absolute atomic E-state index is 0.884. The highest BCUT2D eigenvalue weighted by Gasteiger charge is 2.18. The van der Waals surface area contributed by atoms with Gasteiger partial charge in [0.15, 0.2) is 0 Å². The smallest absolute Gasteiger partial charge is 0.145 e. The lowest BCUT2D eigenvalue weighted by Crippen LogP contribution is -2.10. The highest BCUT2D eigenvalue weighted by molar-refractivity contribution is 6.10. The third-order valence-corrected chi connectivity index (χ3v) is 11.0. The van der Waals surface area contributed by atoms with E-state index in [1.165, 1.54) is 10.8 Å². The van der Waals surface area contributed by atoms with Gasteiger partial charge in [0.25, 0.3) is 0 Å². The highest BCUT2D eigenvalue weighted by Crippen LogP contribution is 2.37. The fourth-order valence-electron chi connectivity index (χ4n) is 8.53. The second kappa shape index (κ2) is 13.6. The number of anilines is 2. The number of hydrogen-bond donors (Lipinski definition) is 0. The van der Waals surface area contributed by atoms with Crippen LogP contribution < -0.4 is 4.90 Å². The molecule has 0 atom stereocenters. The fraction of sp³-hybridized carbons (Fsp3) is 0. The number of para-hydroxylation sites is 3. The predicted molar refractivity (Wildman–Crippen MR) is 240 cm³/mol. The van der Waals surface area contributed by atoms with Crippen molar-refractivity contribution < 1.29 is 0 Å². The summed E-state index contributed by atoms with van der Waals surface area (Å²) in [5.74, 6) is 0. The Labute approximate surface area is 334 Å². The molecular weight excluding hydrogens is 711 g/mol. The Balaban J connectivity index is 1.12. The van der Waals surface area contributed by atoms with E-state index in [-0.39, 0.29) is 0 Å². The second-order valence-corrected chi connectivity index (χ2v) is 14.2. The lowest BCUT2D eigenvalue weighted by molar-refractivity contribution is 1.12. The first-order chi connectivity index (χ1) is 28.8. The number of nitrogens with zero attached hydrogens (tertiary/aromatic N) is 7. The van der Waals surface area contributed by atoms with Gasteiger partial charge in [0.05, 0.1) is 16.6 Å². The molecule has 0 saturated carbocycles. The van der Waals surface area contributed by atoms with Gasteiger partial charge in [-0.25, -0.2) is 15.0 Å². The van der Waals surface area contributed by atoms with Crippen molar-refractivity contribution in [2.45, 2.75) is 0 Å². The van der Waals surface area contributed by atoms with Gasteiger partial charge in [0.1, 0.15) is 16.9 Å². The van der Waals surface area contributed by atoms with Gasteiger partial charge < -0.3 is 4.90 Å². The van der Waals surface area contributed by atoms with Crippen molar-refractivity contribution in [1.82, 2.24) is 28.7 Å². The Morgan fingerprint density at radius 3 is 1.45 bits per heavy atom. The standard InChI is InChI=1S/C51H35N7/c1-2-14-35(56-46-25-6-3-19-40(46)43-22-11-29-52-49(43)56)28-32-55(36-15-9-17-38(33-36)57-47-26-7-4-20-41(47)44-23-12-30-53-50(44)57)37-16-10-18-39(34-37)58-48-27-8-5-21-42(48)45-24-13-31-54-51(45)58/h2-34H,1H2. The van der Waals surface area contributed by atoms with E-state index in [1.807, 2.05) is 48.9 Å². The molecule has 6 aromatic heterocycles. The monoisotopic (exact) mass is 745 g/mol. The molecule has 0 N–H and O–H groups in total. The van der Waals surface area contributed by atoms with Crippen molar-refractivity contribution in [3.63, 3.8) is 0 Å². The van der Waals surface area contributed by atoms with Gasteiger partial charge in [-0.15, -0.1) is 0 Å². The van der Waals surface area contributed by atoms with E-state index in [9.17, 15) is 0 Å². The average Bonchev–Trinajstić information content (AvgIpc) is 3.92. The molecule has 0 aliphatic heterocycles. The Kier molecular flexibility index (Phi) is 7.82. The molecule has 0 bridgehead atoms. The number of allylic oxidation sites excluding steroid dienone is 4. The van der Waals surface area contributed by atoms with E-state index in [0.29, 0.717) is 0 Å². The summed E-state index contributed by atoms with van der Waals surface area (Å²) in [6.45, 7) is 4.12. The average molecular weight is 746 g/mol. The zero-order chi connectivity index (χ0) is 38.6. The summed E-state index contributed by atoms with van der Waals surface area (Å²) in [4.78, 5) is 16.9. The maximum atomic E-state index is 4.88. The molecule has 0 aliphatic carbocycles. The quantitative estimate of drug-likeness (QED) is 0.145. The molecule has 0 radical (unpaired) electrons. The summed E-state index contributed by atoms with van der Waals surface area (Å²) in [5.41, 5.74) is 10.9. The molecular formula is C51H35N7. The summed E-state index contributed by atoms with van der Waals surface area (Å²) in [7, 11) is 0. The molecule has 0 fully saturated rings. The summed E-state index contributed by atoms with van der Waals surface area (Å²) in [6.07, 6.45) is 13.7. The van der Waals surface area contributed by atoms with Crippen LogP contribution in [0.15, 0.2) is 207 Å². The van der Waals surface area contributed by atoms with Crippen molar-refractivity contribution in [2.75, 3.05) is 4.90 Å². The molecule has 274 valence electrons. The van der Waals surface area contributed by atoms with Crippen LogP contribution >= 0.6 is 0 Å². The fourth-order valence-corrected chi connectivity index (χ4v) is 8.53. The molecule has 0 spiro atoms. The molecule has 0 saturated heterocycles. The Hall–Kier alpha value is -8.03. The van der Waals surface area contributed by atoms with E-state index in [0.717, 1.165) is 83.5 Å². The van der Waals surface area contributed by atoms with Crippen LogP contribution in [0.25, 0.3) is 82.9 Å². The van der Waals surface area contributed by atoms with E-state index in [1.54, 1.807) is 0 Å². The van der Waals surface area contributed by atoms with E-state index < -0.39 is 0 Å². The normalized spacial score (nSPS) is 12.2. The minimum atomic E-state index is 0.884. The third kappa shape index (κ3) is 5.25. The van der Waals surface area contributed by atoms with Gasteiger partial charge in [-0.3, -0.25) is 13.7 Å². The number of aromatic nitrogens is 6. The molecule has 0 unspecified atom stereocenters. The summed E-state index contributed by atoms with van der Waals surface area (Å²) < 4.78 is 6.72. The Morgan fingerprint density at radius 2 is 0.914 bits per heavy atom. The van der Waals surface area contributed by atoms with E-state index in [2.05, 4.69) is 177 Å². The van der Waals surface area contributed by atoms with Gasteiger partial charge in [-0.05, 0) is 103 Å². The zero-order valence-electron chi connectivity index (χ0n) is 31.4.